The van der Waals surface area contributed by atoms with Crippen molar-refractivity contribution in [2.45, 2.75) is 19.3 Å². The minimum atomic E-state index is -0.551. The summed E-state index contributed by atoms with van der Waals surface area (Å²) in [7, 11) is 0. The predicted octanol–water partition coefficient (Wildman–Crippen LogP) is 3.31. The van der Waals surface area contributed by atoms with Crippen LogP contribution in [-0.4, -0.2) is 27.2 Å². The summed E-state index contributed by atoms with van der Waals surface area (Å²) < 4.78 is 25.8. The SMILES string of the molecule is O=[N+]([O-])c1cn2c(n1)OC[C@@H](OCc1ccc(C#Cc3ccc(F)cc3)cc1)C2. The van der Waals surface area contributed by atoms with Crippen LogP contribution in [0.25, 0.3) is 0 Å². The fourth-order valence-corrected chi connectivity index (χ4v) is 2.84. The molecule has 2 heterocycles. The van der Waals surface area contributed by atoms with Crippen LogP contribution in [0.1, 0.15) is 16.7 Å². The van der Waals surface area contributed by atoms with Crippen LogP contribution in [0.5, 0.6) is 6.01 Å². The average Bonchev–Trinajstić information content (AvgIpc) is 3.16. The lowest BCUT2D eigenvalue weighted by molar-refractivity contribution is -0.389. The Bertz CT molecular complexity index is 1080. The van der Waals surface area contributed by atoms with Gasteiger partial charge in [-0.3, -0.25) is 4.57 Å². The summed E-state index contributed by atoms with van der Waals surface area (Å²) in [6.45, 7) is 1.11. The van der Waals surface area contributed by atoms with Crippen LogP contribution in [0.3, 0.4) is 0 Å². The lowest BCUT2D eigenvalue weighted by Gasteiger charge is -2.22. The third kappa shape index (κ3) is 4.59. The second-order valence-electron chi connectivity index (χ2n) is 6.49. The number of benzene rings is 2. The largest absolute Gasteiger partial charge is 0.443 e. The van der Waals surface area contributed by atoms with Crippen LogP contribution in [0, 0.1) is 27.8 Å². The molecule has 1 aliphatic heterocycles. The number of aromatic nitrogens is 2. The van der Waals surface area contributed by atoms with Gasteiger partial charge >= 0.3 is 11.8 Å². The van der Waals surface area contributed by atoms with E-state index in [1.165, 1.54) is 18.3 Å². The lowest BCUT2D eigenvalue weighted by Crippen LogP contribution is -2.32. The highest BCUT2D eigenvalue weighted by Crippen LogP contribution is 2.22. The number of hydrogen-bond acceptors (Lipinski definition) is 5. The zero-order valence-corrected chi connectivity index (χ0v) is 15.2. The van der Waals surface area contributed by atoms with E-state index in [2.05, 4.69) is 16.8 Å². The maximum absolute atomic E-state index is 12.9. The lowest BCUT2D eigenvalue weighted by atomic mass is 10.1. The minimum absolute atomic E-state index is 0.228. The predicted molar refractivity (Wildman–Crippen MR) is 102 cm³/mol. The van der Waals surface area contributed by atoms with Crippen molar-refractivity contribution in [2.24, 2.45) is 0 Å². The van der Waals surface area contributed by atoms with E-state index in [0.29, 0.717) is 13.2 Å². The number of imidazole rings is 1. The Morgan fingerprint density at radius 2 is 1.83 bits per heavy atom. The summed E-state index contributed by atoms with van der Waals surface area (Å²) in [6, 6.07) is 13.9. The Labute approximate surface area is 165 Å². The Morgan fingerprint density at radius 1 is 1.17 bits per heavy atom. The van der Waals surface area contributed by atoms with Gasteiger partial charge in [0, 0.05) is 16.1 Å². The molecule has 0 bridgehead atoms. The fraction of sp³-hybridized carbons (Fsp3) is 0.190. The number of hydrogen-bond donors (Lipinski definition) is 0. The molecule has 4 rings (SSSR count). The molecule has 1 aromatic heterocycles. The molecule has 7 nitrogen and oxygen atoms in total. The van der Waals surface area contributed by atoms with Gasteiger partial charge in [0.1, 0.15) is 24.7 Å². The Hall–Kier alpha value is -3.70. The second kappa shape index (κ2) is 8.12. The molecule has 0 saturated heterocycles. The Morgan fingerprint density at radius 3 is 2.48 bits per heavy atom. The van der Waals surface area contributed by atoms with Gasteiger partial charge in [-0.2, -0.15) is 0 Å². The summed E-state index contributed by atoms with van der Waals surface area (Å²) in [5.41, 5.74) is 2.56. The summed E-state index contributed by atoms with van der Waals surface area (Å²) >= 11 is 0. The van der Waals surface area contributed by atoms with Gasteiger partial charge in [-0.1, -0.05) is 24.0 Å². The Balaban J connectivity index is 1.32. The molecule has 0 fully saturated rings. The molecule has 1 aliphatic rings. The first-order chi connectivity index (χ1) is 14.1. The van der Waals surface area contributed by atoms with Crippen LogP contribution in [0.2, 0.25) is 0 Å². The van der Waals surface area contributed by atoms with E-state index in [9.17, 15) is 14.5 Å². The normalized spacial score (nSPS) is 15.0. The zero-order chi connectivity index (χ0) is 20.2. The molecule has 0 spiro atoms. The number of halogens is 1. The smallest absolute Gasteiger partial charge is 0.414 e. The van der Waals surface area contributed by atoms with Crippen molar-refractivity contribution in [1.29, 1.82) is 0 Å². The van der Waals surface area contributed by atoms with Crippen molar-refractivity contribution >= 4 is 5.82 Å². The molecular formula is C21H16FN3O4. The highest BCUT2D eigenvalue weighted by Gasteiger charge is 2.28. The molecule has 146 valence electrons. The van der Waals surface area contributed by atoms with Crippen LogP contribution in [0.15, 0.2) is 54.7 Å². The minimum Gasteiger partial charge on any atom is -0.443 e. The molecule has 3 aromatic rings. The topological polar surface area (TPSA) is 79.4 Å². The first-order valence-corrected chi connectivity index (χ1v) is 8.89. The number of nitrogens with zero attached hydrogens (tertiary/aromatic N) is 3. The highest BCUT2D eigenvalue weighted by molar-refractivity contribution is 5.43. The standard InChI is InChI=1S/C21H16FN3O4/c22-18-9-7-16(8-10-18)2-1-15-3-5-17(6-4-15)13-28-19-11-24-12-20(25(26)27)23-21(24)29-14-19/h3-10,12,19H,11,13-14H2/t19-/m0/s1. The van der Waals surface area contributed by atoms with E-state index in [-0.39, 0.29) is 30.4 Å². The van der Waals surface area contributed by atoms with Gasteiger partial charge in [0.15, 0.2) is 0 Å². The fourth-order valence-electron chi connectivity index (χ4n) is 2.84. The maximum atomic E-state index is 12.9. The van der Waals surface area contributed by atoms with Gasteiger partial charge in [0.2, 0.25) is 0 Å². The van der Waals surface area contributed by atoms with E-state index in [1.807, 2.05) is 24.3 Å². The van der Waals surface area contributed by atoms with Gasteiger partial charge < -0.3 is 19.6 Å². The molecule has 2 aromatic carbocycles. The monoisotopic (exact) mass is 393 g/mol. The quantitative estimate of drug-likeness (QED) is 0.386. The van der Waals surface area contributed by atoms with E-state index >= 15 is 0 Å². The van der Waals surface area contributed by atoms with Crippen LogP contribution in [-0.2, 0) is 17.9 Å². The van der Waals surface area contributed by atoms with Gasteiger partial charge in [0.25, 0.3) is 0 Å². The molecule has 0 radical (unpaired) electrons. The molecule has 0 unspecified atom stereocenters. The van der Waals surface area contributed by atoms with Gasteiger partial charge in [-0.05, 0) is 46.9 Å². The molecule has 0 saturated carbocycles. The van der Waals surface area contributed by atoms with Crippen molar-refractivity contribution in [2.75, 3.05) is 6.61 Å². The van der Waals surface area contributed by atoms with Crippen molar-refractivity contribution < 1.29 is 18.8 Å². The second-order valence-corrected chi connectivity index (χ2v) is 6.49. The van der Waals surface area contributed by atoms with Gasteiger partial charge in [-0.25, -0.2) is 4.39 Å². The molecule has 0 aliphatic carbocycles. The van der Waals surface area contributed by atoms with Crippen molar-refractivity contribution in [3.8, 4) is 17.9 Å². The Kier molecular flexibility index (Phi) is 5.22. The van der Waals surface area contributed by atoms with Crippen LogP contribution < -0.4 is 4.74 Å². The zero-order valence-electron chi connectivity index (χ0n) is 15.2. The molecule has 29 heavy (non-hydrogen) atoms. The number of fused-ring (bicyclic) bond motifs is 1. The van der Waals surface area contributed by atoms with Crippen molar-refractivity contribution in [3.63, 3.8) is 0 Å². The molecular weight excluding hydrogens is 377 g/mol. The van der Waals surface area contributed by atoms with E-state index in [4.69, 9.17) is 9.47 Å². The highest BCUT2D eigenvalue weighted by atomic mass is 19.1. The first kappa shape index (κ1) is 18.7. The number of rotatable bonds is 4. The maximum Gasteiger partial charge on any atom is 0.414 e. The van der Waals surface area contributed by atoms with E-state index in [1.54, 1.807) is 16.7 Å². The molecule has 1 atom stereocenters. The van der Waals surface area contributed by atoms with Gasteiger partial charge in [-0.15, -0.1) is 0 Å². The molecule has 0 N–H and O–H groups in total. The summed E-state index contributed by atoms with van der Waals surface area (Å²) in [5, 5.41) is 10.8. The molecule has 0 amide bonds. The van der Waals surface area contributed by atoms with Crippen LogP contribution in [0.4, 0.5) is 10.2 Å². The summed E-state index contributed by atoms with van der Waals surface area (Å²) in [6.07, 6.45) is 1.12. The van der Waals surface area contributed by atoms with E-state index < -0.39 is 4.92 Å². The van der Waals surface area contributed by atoms with Gasteiger partial charge in [0.05, 0.1) is 13.2 Å². The van der Waals surface area contributed by atoms with Crippen LogP contribution >= 0.6 is 0 Å². The summed E-state index contributed by atoms with van der Waals surface area (Å²) in [4.78, 5) is 14.1. The molecule has 8 heteroatoms. The first-order valence-electron chi connectivity index (χ1n) is 8.89. The van der Waals surface area contributed by atoms with Crippen molar-refractivity contribution in [3.05, 3.63) is 87.3 Å². The number of nitro groups is 1. The van der Waals surface area contributed by atoms with Crippen molar-refractivity contribution in [1.82, 2.24) is 9.55 Å². The third-order valence-electron chi connectivity index (χ3n) is 4.35. The third-order valence-corrected chi connectivity index (χ3v) is 4.35. The summed E-state index contributed by atoms with van der Waals surface area (Å²) in [5.74, 6) is 5.50. The average molecular weight is 393 g/mol. The van der Waals surface area contributed by atoms with E-state index in [0.717, 1.165) is 16.7 Å². The number of ether oxygens (including phenoxy) is 2.